The summed E-state index contributed by atoms with van der Waals surface area (Å²) in [6, 6.07) is 0. The van der Waals surface area contributed by atoms with Crippen molar-refractivity contribution in [3.63, 3.8) is 0 Å². The molecule has 0 aliphatic rings. The predicted octanol–water partition coefficient (Wildman–Crippen LogP) is 9.16. The Labute approximate surface area is 154 Å². The highest BCUT2D eigenvalue weighted by Crippen LogP contribution is 2.13. The molecule has 0 atom stereocenters. The fraction of sp³-hybridized carbons (Fsp3) is 0.833. The van der Waals surface area contributed by atoms with E-state index < -0.39 is 0 Å². The van der Waals surface area contributed by atoms with Gasteiger partial charge in [0.15, 0.2) is 0 Å². The molecule has 0 saturated heterocycles. The number of allylic oxidation sites excluding steroid dienone is 3. The summed E-state index contributed by atoms with van der Waals surface area (Å²) in [6.07, 6.45) is 29.9. The SMILES string of the molecule is C=C(C)CCCCCCCCCCC/C=C\CCCCCCCC. The standard InChI is InChI=1S/C24H46/c1-4-5-6-7-8-9-10-11-12-13-14-15-16-17-18-19-20-21-22-23-24(2)3/h11-12H,2,4-10,13-23H2,1,3H3/b12-11-. The summed E-state index contributed by atoms with van der Waals surface area (Å²) in [5.41, 5.74) is 1.34. The van der Waals surface area contributed by atoms with Crippen molar-refractivity contribution in [2.75, 3.05) is 0 Å². The first-order valence-corrected chi connectivity index (χ1v) is 11.1. The molecule has 0 unspecified atom stereocenters. The van der Waals surface area contributed by atoms with Crippen molar-refractivity contribution >= 4 is 0 Å². The minimum atomic E-state index is 1.23. The van der Waals surface area contributed by atoms with Crippen LogP contribution in [0.5, 0.6) is 0 Å². The van der Waals surface area contributed by atoms with Crippen LogP contribution >= 0.6 is 0 Å². The first-order chi connectivity index (χ1) is 11.8. The second kappa shape index (κ2) is 20.5. The van der Waals surface area contributed by atoms with Crippen molar-refractivity contribution < 1.29 is 0 Å². The zero-order chi connectivity index (χ0) is 17.7. The van der Waals surface area contributed by atoms with Gasteiger partial charge in [-0.15, -0.1) is 6.58 Å². The van der Waals surface area contributed by atoms with Gasteiger partial charge in [0.25, 0.3) is 0 Å². The molecule has 0 fully saturated rings. The Morgan fingerprint density at radius 3 is 1.38 bits per heavy atom. The summed E-state index contributed by atoms with van der Waals surface area (Å²) < 4.78 is 0. The summed E-state index contributed by atoms with van der Waals surface area (Å²) in [5, 5.41) is 0. The van der Waals surface area contributed by atoms with Crippen LogP contribution in [0.25, 0.3) is 0 Å². The van der Waals surface area contributed by atoms with Gasteiger partial charge < -0.3 is 0 Å². The van der Waals surface area contributed by atoms with Gasteiger partial charge in [-0.25, -0.2) is 0 Å². The molecule has 0 bridgehead atoms. The third-order valence-electron chi connectivity index (χ3n) is 4.87. The van der Waals surface area contributed by atoms with E-state index in [9.17, 15) is 0 Å². The molecule has 0 radical (unpaired) electrons. The van der Waals surface area contributed by atoms with Gasteiger partial charge in [-0.2, -0.15) is 0 Å². The lowest BCUT2D eigenvalue weighted by Crippen LogP contribution is -1.82. The van der Waals surface area contributed by atoms with Crippen LogP contribution in [0.15, 0.2) is 24.3 Å². The second-order valence-electron chi connectivity index (χ2n) is 7.71. The highest BCUT2D eigenvalue weighted by Gasteiger charge is 1.93. The van der Waals surface area contributed by atoms with Gasteiger partial charge in [-0.05, 0) is 45.4 Å². The quantitative estimate of drug-likeness (QED) is 0.163. The molecule has 0 saturated carbocycles. The van der Waals surface area contributed by atoms with Crippen molar-refractivity contribution in [2.45, 2.75) is 129 Å². The Bertz CT molecular complexity index is 274. The average molecular weight is 335 g/mol. The summed E-state index contributed by atoms with van der Waals surface area (Å²) in [5.74, 6) is 0. The third kappa shape index (κ3) is 21.5. The number of hydrogen-bond acceptors (Lipinski definition) is 0. The van der Waals surface area contributed by atoms with Crippen molar-refractivity contribution in [2.24, 2.45) is 0 Å². The van der Waals surface area contributed by atoms with Crippen LogP contribution in [0, 0.1) is 0 Å². The second-order valence-corrected chi connectivity index (χ2v) is 7.71. The van der Waals surface area contributed by atoms with E-state index in [1.165, 1.54) is 121 Å². The lowest BCUT2D eigenvalue weighted by Gasteiger charge is -2.02. The summed E-state index contributed by atoms with van der Waals surface area (Å²) >= 11 is 0. The fourth-order valence-corrected chi connectivity index (χ4v) is 3.20. The summed E-state index contributed by atoms with van der Waals surface area (Å²) in [7, 11) is 0. The molecule has 142 valence electrons. The number of hydrogen-bond donors (Lipinski definition) is 0. The number of rotatable bonds is 19. The minimum Gasteiger partial charge on any atom is -0.100 e. The van der Waals surface area contributed by atoms with E-state index in [2.05, 4.69) is 32.6 Å². The van der Waals surface area contributed by atoms with Gasteiger partial charge in [-0.3, -0.25) is 0 Å². The third-order valence-corrected chi connectivity index (χ3v) is 4.87. The maximum Gasteiger partial charge on any atom is -0.0326 e. The largest absolute Gasteiger partial charge is 0.100 e. The smallest absolute Gasteiger partial charge is 0.0326 e. The molecule has 0 heteroatoms. The highest BCUT2D eigenvalue weighted by molar-refractivity contribution is 4.87. The van der Waals surface area contributed by atoms with Crippen LogP contribution in [0.3, 0.4) is 0 Å². The molecule has 0 spiro atoms. The average Bonchev–Trinajstić information content (AvgIpc) is 2.56. The van der Waals surface area contributed by atoms with Gasteiger partial charge in [0.1, 0.15) is 0 Å². The molecule has 0 aliphatic heterocycles. The normalized spacial score (nSPS) is 11.4. The summed E-state index contributed by atoms with van der Waals surface area (Å²) in [6.45, 7) is 8.40. The monoisotopic (exact) mass is 334 g/mol. The Hall–Kier alpha value is -0.520. The van der Waals surface area contributed by atoms with Crippen molar-refractivity contribution in [3.8, 4) is 0 Å². The predicted molar refractivity (Wildman–Crippen MR) is 113 cm³/mol. The topological polar surface area (TPSA) is 0 Å². The zero-order valence-corrected chi connectivity index (χ0v) is 17.1. The number of unbranched alkanes of at least 4 members (excludes halogenated alkanes) is 15. The van der Waals surface area contributed by atoms with E-state index >= 15 is 0 Å². The molecule has 0 aliphatic carbocycles. The van der Waals surface area contributed by atoms with E-state index in [0.717, 1.165) is 0 Å². The molecule has 0 aromatic carbocycles. The van der Waals surface area contributed by atoms with E-state index in [1.54, 1.807) is 0 Å². The lowest BCUT2D eigenvalue weighted by atomic mass is 10.0. The maximum atomic E-state index is 3.97. The van der Waals surface area contributed by atoms with Gasteiger partial charge >= 0.3 is 0 Å². The Balaban J connectivity index is 3.06. The maximum absolute atomic E-state index is 3.97. The van der Waals surface area contributed by atoms with Crippen molar-refractivity contribution in [3.05, 3.63) is 24.3 Å². The van der Waals surface area contributed by atoms with Gasteiger partial charge in [-0.1, -0.05) is 102 Å². The van der Waals surface area contributed by atoms with E-state index in [4.69, 9.17) is 0 Å². The zero-order valence-electron chi connectivity index (χ0n) is 17.1. The molecular weight excluding hydrogens is 288 g/mol. The fourth-order valence-electron chi connectivity index (χ4n) is 3.20. The van der Waals surface area contributed by atoms with Gasteiger partial charge in [0, 0.05) is 0 Å². The lowest BCUT2D eigenvalue weighted by molar-refractivity contribution is 0.559. The van der Waals surface area contributed by atoms with Crippen LogP contribution in [-0.4, -0.2) is 0 Å². The molecular formula is C24H46. The van der Waals surface area contributed by atoms with E-state index in [-0.39, 0.29) is 0 Å². The highest BCUT2D eigenvalue weighted by atomic mass is 14.0. The van der Waals surface area contributed by atoms with E-state index in [1.807, 2.05) is 0 Å². The molecule has 0 aromatic heterocycles. The molecule has 0 N–H and O–H groups in total. The molecule has 0 amide bonds. The molecule has 0 rings (SSSR count). The first-order valence-electron chi connectivity index (χ1n) is 11.1. The van der Waals surface area contributed by atoms with Gasteiger partial charge in [0.05, 0.1) is 0 Å². The van der Waals surface area contributed by atoms with Crippen LogP contribution in [0.1, 0.15) is 129 Å². The summed E-state index contributed by atoms with van der Waals surface area (Å²) in [4.78, 5) is 0. The van der Waals surface area contributed by atoms with Crippen LogP contribution in [0.2, 0.25) is 0 Å². The van der Waals surface area contributed by atoms with E-state index in [0.29, 0.717) is 0 Å². The molecule has 24 heavy (non-hydrogen) atoms. The van der Waals surface area contributed by atoms with Crippen molar-refractivity contribution in [1.29, 1.82) is 0 Å². The first kappa shape index (κ1) is 23.5. The van der Waals surface area contributed by atoms with Crippen LogP contribution in [-0.2, 0) is 0 Å². The van der Waals surface area contributed by atoms with Crippen molar-refractivity contribution in [1.82, 2.24) is 0 Å². The molecule has 0 heterocycles. The Morgan fingerprint density at radius 1 is 0.583 bits per heavy atom. The Kier molecular flexibility index (Phi) is 20.1. The Morgan fingerprint density at radius 2 is 0.958 bits per heavy atom. The van der Waals surface area contributed by atoms with Crippen LogP contribution in [0.4, 0.5) is 0 Å². The van der Waals surface area contributed by atoms with Gasteiger partial charge in [0.2, 0.25) is 0 Å². The molecule has 0 aromatic rings. The van der Waals surface area contributed by atoms with Crippen LogP contribution < -0.4 is 0 Å². The molecule has 0 nitrogen and oxygen atoms in total. The minimum absolute atomic E-state index is 1.23.